The molecule has 0 aromatic carbocycles. The highest BCUT2D eigenvalue weighted by molar-refractivity contribution is 6.78. The molecule has 2 heterocycles. The zero-order chi connectivity index (χ0) is 20.5. The van der Waals surface area contributed by atoms with Gasteiger partial charge in [0.05, 0.1) is 12.1 Å². The van der Waals surface area contributed by atoms with E-state index >= 15 is 0 Å². The average Bonchev–Trinajstić information content (AvgIpc) is 3.12. The second kappa shape index (κ2) is 6.13. The van der Waals surface area contributed by atoms with E-state index < -0.39 is 19.3 Å². The van der Waals surface area contributed by atoms with Crippen molar-refractivity contribution in [2.45, 2.75) is 90.0 Å². The van der Waals surface area contributed by atoms with Crippen LogP contribution in [0.15, 0.2) is 0 Å². The smallest absolute Gasteiger partial charge is 0.410 e. The summed E-state index contributed by atoms with van der Waals surface area (Å²) in [6, 6.07) is 0.0979. The molecule has 2 bridgehead atoms. The number of fused-ring (bicyclic) bond motifs is 5. The van der Waals surface area contributed by atoms with E-state index in [-0.39, 0.29) is 24.3 Å². The molecule has 2 saturated heterocycles. The minimum atomic E-state index is -1.30. The van der Waals surface area contributed by atoms with E-state index in [0.717, 1.165) is 5.54 Å². The van der Waals surface area contributed by atoms with Crippen molar-refractivity contribution in [1.29, 1.82) is 0 Å². The third-order valence-electron chi connectivity index (χ3n) is 5.81. The van der Waals surface area contributed by atoms with E-state index in [2.05, 4.69) is 19.6 Å². The topological polar surface area (TPSA) is 59.1 Å². The van der Waals surface area contributed by atoms with Crippen molar-refractivity contribution in [3.63, 3.8) is 0 Å². The van der Waals surface area contributed by atoms with Gasteiger partial charge in [0.25, 0.3) is 0 Å². The number of hydrogen-bond acceptors (Lipinski definition) is 4. The van der Waals surface area contributed by atoms with Crippen LogP contribution in [0.3, 0.4) is 0 Å². The van der Waals surface area contributed by atoms with Crippen molar-refractivity contribution >= 4 is 20.3 Å². The maximum Gasteiger partial charge on any atom is 0.410 e. The Morgan fingerprint density at radius 3 is 1.59 bits per heavy atom. The first-order valence-corrected chi connectivity index (χ1v) is 13.7. The van der Waals surface area contributed by atoms with Crippen LogP contribution in [-0.2, 0) is 9.47 Å². The summed E-state index contributed by atoms with van der Waals surface area (Å²) in [5.74, 6) is 1.00. The average molecular weight is 397 g/mol. The van der Waals surface area contributed by atoms with Crippen molar-refractivity contribution in [2.75, 3.05) is 13.1 Å². The molecule has 5 atom stereocenters. The fraction of sp³-hybridized carbons (Fsp3) is 0.900. The molecule has 0 spiro atoms. The predicted molar refractivity (Wildman–Crippen MR) is 108 cm³/mol. The zero-order valence-corrected chi connectivity index (χ0v) is 19.3. The van der Waals surface area contributed by atoms with Crippen LogP contribution in [0.4, 0.5) is 9.59 Å². The fourth-order valence-electron chi connectivity index (χ4n) is 5.13. The Labute approximate surface area is 164 Å². The number of carbonyl (C=O) groups is 2. The number of hydrogen-bond donors (Lipinski definition) is 0. The van der Waals surface area contributed by atoms with Gasteiger partial charge in [-0.1, -0.05) is 19.6 Å². The van der Waals surface area contributed by atoms with E-state index in [1.807, 2.05) is 46.4 Å². The summed E-state index contributed by atoms with van der Waals surface area (Å²) in [5, 5.41) is 0. The molecule has 6 nitrogen and oxygen atoms in total. The largest absolute Gasteiger partial charge is 0.444 e. The highest BCUT2D eigenvalue weighted by Crippen LogP contribution is 2.68. The molecular weight excluding hydrogens is 360 g/mol. The molecule has 1 saturated carbocycles. The summed E-state index contributed by atoms with van der Waals surface area (Å²) < 4.78 is 11.3. The van der Waals surface area contributed by atoms with Crippen molar-refractivity contribution in [2.24, 2.45) is 11.8 Å². The van der Waals surface area contributed by atoms with Crippen LogP contribution in [0.1, 0.15) is 41.5 Å². The van der Waals surface area contributed by atoms with Gasteiger partial charge >= 0.3 is 12.2 Å². The maximum atomic E-state index is 12.9. The molecule has 1 unspecified atom stereocenters. The van der Waals surface area contributed by atoms with Crippen LogP contribution in [0.2, 0.25) is 25.2 Å². The van der Waals surface area contributed by atoms with Gasteiger partial charge in [-0.2, -0.15) is 0 Å². The SMILES string of the molecule is CC(C)(C)OC(=O)N1C[C@@H]2[C@H]3C([Si](C)(C)C)[C@H]3[C@H](C1)N2C(=O)OC(C)(C)C. The van der Waals surface area contributed by atoms with E-state index in [1.165, 1.54) is 0 Å². The van der Waals surface area contributed by atoms with E-state index in [4.69, 9.17) is 9.47 Å². The van der Waals surface area contributed by atoms with Gasteiger partial charge < -0.3 is 14.4 Å². The molecule has 2 amide bonds. The number of ether oxygens (including phenoxy) is 2. The number of likely N-dealkylation sites (tertiary alicyclic amines) is 1. The monoisotopic (exact) mass is 396 g/mol. The van der Waals surface area contributed by atoms with Crippen LogP contribution in [0.5, 0.6) is 0 Å². The molecule has 27 heavy (non-hydrogen) atoms. The Morgan fingerprint density at radius 2 is 1.22 bits per heavy atom. The van der Waals surface area contributed by atoms with E-state index in [1.54, 1.807) is 4.90 Å². The van der Waals surface area contributed by atoms with Gasteiger partial charge in [0.1, 0.15) is 11.2 Å². The van der Waals surface area contributed by atoms with Crippen LogP contribution < -0.4 is 0 Å². The Balaban J connectivity index is 1.79. The first kappa shape index (κ1) is 20.5. The van der Waals surface area contributed by atoms with E-state index in [9.17, 15) is 9.59 Å². The molecule has 0 aromatic rings. The number of amides is 2. The zero-order valence-electron chi connectivity index (χ0n) is 18.3. The van der Waals surface area contributed by atoms with Crippen molar-refractivity contribution in [3.05, 3.63) is 0 Å². The Morgan fingerprint density at radius 1 is 0.815 bits per heavy atom. The minimum Gasteiger partial charge on any atom is -0.444 e. The summed E-state index contributed by atoms with van der Waals surface area (Å²) >= 11 is 0. The standard InChI is InChI=1S/C20H36N2O4Si/c1-19(2,3)25-17(23)21-10-12-14-15(16(14)27(7,8)9)13(11-21)22(12)18(24)26-20(4,5)6/h12-16H,10-11H2,1-9H3/t12-,13+,14-,15+,16?. The van der Waals surface area contributed by atoms with Gasteiger partial charge in [0.15, 0.2) is 0 Å². The molecule has 2 aliphatic heterocycles. The summed E-state index contributed by atoms with van der Waals surface area (Å²) in [4.78, 5) is 29.2. The highest BCUT2D eigenvalue weighted by Gasteiger charge is 2.72. The molecular formula is C20H36N2O4Si. The Kier molecular flexibility index (Phi) is 4.65. The summed E-state index contributed by atoms with van der Waals surface area (Å²) in [6.07, 6.45) is -0.505. The molecule has 0 aromatic heterocycles. The minimum absolute atomic E-state index is 0.0489. The van der Waals surface area contributed by atoms with Crippen LogP contribution in [0.25, 0.3) is 0 Å². The predicted octanol–water partition coefficient (Wildman–Crippen LogP) is 4.18. The van der Waals surface area contributed by atoms with Gasteiger partial charge in [0.2, 0.25) is 0 Å². The second-order valence-corrected chi connectivity index (χ2v) is 16.9. The second-order valence-electron chi connectivity index (χ2n) is 11.5. The third-order valence-corrected chi connectivity index (χ3v) is 8.58. The normalized spacial score (nSPS) is 32.9. The van der Waals surface area contributed by atoms with Crippen LogP contribution in [-0.4, -0.2) is 66.4 Å². The fourth-order valence-corrected chi connectivity index (χ4v) is 8.22. The van der Waals surface area contributed by atoms with Gasteiger partial charge in [-0.3, -0.25) is 4.90 Å². The maximum absolute atomic E-state index is 12.9. The lowest BCUT2D eigenvalue weighted by atomic mass is 10.1. The highest BCUT2D eigenvalue weighted by atomic mass is 28.3. The number of piperazine rings is 1. The van der Waals surface area contributed by atoms with E-state index in [0.29, 0.717) is 24.9 Å². The third kappa shape index (κ3) is 3.98. The number of piperidine rings is 1. The molecule has 1 aliphatic carbocycles. The Bertz CT molecular complexity index is 611. The molecule has 0 N–H and O–H groups in total. The van der Waals surface area contributed by atoms with Crippen LogP contribution in [0, 0.1) is 11.8 Å². The molecule has 0 radical (unpaired) electrons. The Hall–Kier alpha value is -1.24. The van der Waals surface area contributed by atoms with Crippen molar-refractivity contribution in [1.82, 2.24) is 9.80 Å². The number of nitrogens with zero attached hydrogens (tertiary/aromatic N) is 2. The molecule has 3 fully saturated rings. The quantitative estimate of drug-likeness (QED) is 0.624. The molecule has 3 rings (SSSR count). The summed E-state index contributed by atoms with van der Waals surface area (Å²) in [5.41, 5.74) is -0.296. The van der Waals surface area contributed by atoms with Gasteiger partial charge in [-0.25, -0.2) is 9.59 Å². The van der Waals surface area contributed by atoms with Gasteiger partial charge in [-0.05, 0) is 58.9 Å². The van der Waals surface area contributed by atoms with Crippen molar-refractivity contribution < 1.29 is 19.1 Å². The van der Waals surface area contributed by atoms with Crippen LogP contribution >= 0.6 is 0 Å². The molecule has 154 valence electrons. The molecule has 7 heteroatoms. The van der Waals surface area contributed by atoms with Crippen molar-refractivity contribution in [3.8, 4) is 0 Å². The lowest BCUT2D eigenvalue weighted by molar-refractivity contribution is -0.0247. The number of carbonyl (C=O) groups excluding carboxylic acids is 2. The summed E-state index contributed by atoms with van der Waals surface area (Å²) in [7, 11) is -1.30. The van der Waals surface area contributed by atoms with Gasteiger partial charge in [-0.15, -0.1) is 0 Å². The lowest BCUT2D eigenvalue weighted by Crippen LogP contribution is -2.61. The number of rotatable bonds is 1. The lowest BCUT2D eigenvalue weighted by Gasteiger charge is -2.45. The first-order chi connectivity index (χ1) is 12.1. The molecule has 3 aliphatic rings. The summed E-state index contributed by atoms with van der Waals surface area (Å²) in [6.45, 7) is 19.7. The van der Waals surface area contributed by atoms with Gasteiger partial charge in [0, 0.05) is 21.2 Å². The first-order valence-electron chi connectivity index (χ1n) is 10.1.